The molecule has 1 N–H and O–H groups in total. The monoisotopic (exact) mass is 344 g/mol. The van der Waals surface area contributed by atoms with Crippen LogP contribution in [0, 0.1) is 5.92 Å². The van der Waals surface area contributed by atoms with E-state index in [1.807, 2.05) is 37.4 Å². The second kappa shape index (κ2) is 7.58. The van der Waals surface area contributed by atoms with Gasteiger partial charge in [-0.05, 0) is 42.3 Å². The number of likely N-dealkylation sites (N-methyl/N-ethyl adjacent to an activating group) is 1. The van der Waals surface area contributed by atoms with Gasteiger partial charge in [-0.3, -0.25) is 4.79 Å². The highest BCUT2D eigenvalue weighted by Gasteiger charge is 2.25. The van der Waals surface area contributed by atoms with Crippen LogP contribution in [-0.2, 0) is 11.2 Å². The van der Waals surface area contributed by atoms with Gasteiger partial charge in [-0.15, -0.1) is 0 Å². The smallest absolute Gasteiger partial charge is 0.226 e. The number of nitrogens with zero attached hydrogens (tertiary/aromatic N) is 1. The molecule has 3 rings (SSSR count). The van der Waals surface area contributed by atoms with Crippen LogP contribution in [0.15, 0.2) is 48.5 Å². The first-order chi connectivity index (χ1) is 11.6. The molecule has 2 aromatic carbocycles. The third-order valence-electron chi connectivity index (χ3n) is 4.24. The normalized spacial score (nSPS) is 16.0. The van der Waals surface area contributed by atoms with E-state index < -0.39 is 0 Å². The lowest BCUT2D eigenvalue weighted by molar-refractivity contribution is -0.126. The lowest BCUT2D eigenvalue weighted by Crippen LogP contribution is -2.40. The van der Waals surface area contributed by atoms with E-state index in [0.29, 0.717) is 24.6 Å². The number of hydrogen-bond donors (Lipinski definition) is 1. The van der Waals surface area contributed by atoms with Crippen LogP contribution in [-0.4, -0.2) is 32.7 Å². The first-order valence-corrected chi connectivity index (χ1v) is 8.46. The number of nitrogens with one attached hydrogen (secondary N) is 1. The summed E-state index contributed by atoms with van der Waals surface area (Å²) in [4.78, 5) is 14.5. The molecule has 2 aromatic rings. The van der Waals surface area contributed by atoms with Crippen molar-refractivity contribution in [3.63, 3.8) is 0 Å². The van der Waals surface area contributed by atoms with Crippen LogP contribution in [0.3, 0.4) is 0 Å². The van der Waals surface area contributed by atoms with Crippen molar-refractivity contribution in [1.29, 1.82) is 0 Å². The van der Waals surface area contributed by atoms with Crippen molar-refractivity contribution in [3.05, 3.63) is 59.1 Å². The van der Waals surface area contributed by atoms with E-state index in [4.69, 9.17) is 16.3 Å². The van der Waals surface area contributed by atoms with Gasteiger partial charge in [0.2, 0.25) is 5.91 Å². The summed E-state index contributed by atoms with van der Waals surface area (Å²) < 4.78 is 5.68. The van der Waals surface area contributed by atoms with Crippen LogP contribution in [0.25, 0.3) is 0 Å². The quantitative estimate of drug-likeness (QED) is 0.906. The third-order valence-corrected chi connectivity index (χ3v) is 4.48. The number of halogens is 1. The van der Waals surface area contributed by atoms with Gasteiger partial charge in [0.15, 0.2) is 0 Å². The SMILES string of the molecule is CN(CCNC(=O)C1COc2ccc(Cl)cc2C1)c1ccccc1. The number of amides is 1. The number of fused-ring (bicyclic) bond motifs is 1. The maximum Gasteiger partial charge on any atom is 0.226 e. The second-order valence-electron chi connectivity index (χ2n) is 6.01. The molecular formula is C19H21ClN2O2. The average Bonchev–Trinajstić information content (AvgIpc) is 2.61. The zero-order chi connectivity index (χ0) is 16.9. The van der Waals surface area contributed by atoms with Crippen LogP contribution < -0.4 is 15.0 Å². The molecule has 0 bridgehead atoms. The lowest BCUT2D eigenvalue weighted by atomic mass is 9.96. The number of ether oxygens (including phenoxy) is 1. The van der Waals surface area contributed by atoms with Crippen molar-refractivity contribution in [2.45, 2.75) is 6.42 Å². The topological polar surface area (TPSA) is 41.6 Å². The van der Waals surface area contributed by atoms with Gasteiger partial charge in [-0.2, -0.15) is 0 Å². The Morgan fingerprint density at radius 1 is 1.29 bits per heavy atom. The maximum absolute atomic E-state index is 12.4. The van der Waals surface area contributed by atoms with Crippen molar-refractivity contribution in [2.75, 3.05) is 31.6 Å². The van der Waals surface area contributed by atoms with Gasteiger partial charge in [-0.25, -0.2) is 0 Å². The highest BCUT2D eigenvalue weighted by atomic mass is 35.5. The molecule has 1 heterocycles. The molecule has 126 valence electrons. The molecule has 1 unspecified atom stereocenters. The van der Waals surface area contributed by atoms with E-state index in [0.717, 1.165) is 23.5 Å². The zero-order valence-electron chi connectivity index (χ0n) is 13.7. The largest absolute Gasteiger partial charge is 0.492 e. The average molecular weight is 345 g/mol. The Labute approximate surface area is 147 Å². The molecule has 0 fully saturated rings. The maximum atomic E-state index is 12.4. The van der Waals surface area contributed by atoms with Crippen LogP contribution >= 0.6 is 11.6 Å². The summed E-state index contributed by atoms with van der Waals surface area (Å²) in [7, 11) is 2.02. The van der Waals surface area contributed by atoms with Gasteiger partial charge < -0.3 is 15.0 Å². The Bertz CT molecular complexity index is 706. The highest BCUT2D eigenvalue weighted by molar-refractivity contribution is 6.30. The molecular weight excluding hydrogens is 324 g/mol. The zero-order valence-corrected chi connectivity index (χ0v) is 14.4. The summed E-state index contributed by atoms with van der Waals surface area (Å²) in [6.07, 6.45) is 0.663. The molecule has 0 saturated carbocycles. The highest BCUT2D eigenvalue weighted by Crippen LogP contribution is 2.29. The van der Waals surface area contributed by atoms with Crippen LogP contribution in [0.1, 0.15) is 5.56 Å². The van der Waals surface area contributed by atoms with Gasteiger partial charge in [0.05, 0.1) is 5.92 Å². The van der Waals surface area contributed by atoms with Crippen molar-refractivity contribution < 1.29 is 9.53 Å². The Morgan fingerprint density at radius 2 is 2.08 bits per heavy atom. The number of carbonyl (C=O) groups is 1. The molecule has 1 amide bonds. The van der Waals surface area contributed by atoms with Crippen molar-refractivity contribution in [1.82, 2.24) is 5.32 Å². The second-order valence-corrected chi connectivity index (χ2v) is 6.45. The van der Waals surface area contributed by atoms with E-state index in [1.54, 1.807) is 6.07 Å². The Balaban J connectivity index is 1.49. The summed E-state index contributed by atoms with van der Waals surface area (Å²) >= 11 is 6.02. The van der Waals surface area contributed by atoms with Crippen molar-refractivity contribution in [2.24, 2.45) is 5.92 Å². The van der Waals surface area contributed by atoms with Gasteiger partial charge in [-0.1, -0.05) is 29.8 Å². The first-order valence-electron chi connectivity index (χ1n) is 8.08. The van der Waals surface area contributed by atoms with Crippen LogP contribution in [0.2, 0.25) is 5.02 Å². The van der Waals surface area contributed by atoms with E-state index in [2.05, 4.69) is 22.3 Å². The predicted octanol–water partition coefficient (Wildman–Crippen LogP) is 3.14. The molecule has 0 aliphatic carbocycles. The number of benzene rings is 2. The minimum atomic E-state index is -0.169. The van der Waals surface area contributed by atoms with Crippen molar-refractivity contribution >= 4 is 23.2 Å². The molecule has 1 atom stereocenters. The first kappa shape index (κ1) is 16.7. The molecule has 24 heavy (non-hydrogen) atoms. The number of rotatable bonds is 5. The fourth-order valence-electron chi connectivity index (χ4n) is 2.83. The van der Waals surface area contributed by atoms with E-state index in [9.17, 15) is 4.79 Å². The lowest BCUT2D eigenvalue weighted by Gasteiger charge is -2.25. The van der Waals surface area contributed by atoms with Crippen LogP contribution in [0.4, 0.5) is 5.69 Å². The van der Waals surface area contributed by atoms with E-state index >= 15 is 0 Å². The Morgan fingerprint density at radius 3 is 2.88 bits per heavy atom. The summed E-state index contributed by atoms with van der Waals surface area (Å²) in [6, 6.07) is 15.7. The number of anilines is 1. The van der Waals surface area contributed by atoms with E-state index in [-0.39, 0.29) is 11.8 Å². The molecule has 0 spiro atoms. The number of hydrogen-bond acceptors (Lipinski definition) is 3. The van der Waals surface area contributed by atoms with Gasteiger partial charge in [0.25, 0.3) is 0 Å². The summed E-state index contributed by atoms with van der Waals surface area (Å²) in [5.74, 6) is 0.687. The molecule has 1 aliphatic rings. The molecule has 4 nitrogen and oxygen atoms in total. The molecule has 0 radical (unpaired) electrons. The third kappa shape index (κ3) is 4.01. The Hall–Kier alpha value is -2.20. The predicted molar refractivity (Wildman–Crippen MR) is 96.9 cm³/mol. The van der Waals surface area contributed by atoms with Crippen LogP contribution in [0.5, 0.6) is 5.75 Å². The van der Waals surface area contributed by atoms with Gasteiger partial charge in [0, 0.05) is 30.8 Å². The Kier molecular flexibility index (Phi) is 5.26. The fourth-order valence-corrected chi connectivity index (χ4v) is 3.03. The summed E-state index contributed by atoms with van der Waals surface area (Å²) in [6.45, 7) is 1.77. The van der Waals surface area contributed by atoms with Gasteiger partial charge >= 0.3 is 0 Å². The van der Waals surface area contributed by atoms with E-state index in [1.165, 1.54) is 0 Å². The standard InChI is InChI=1S/C19H21ClN2O2/c1-22(17-5-3-2-4-6-17)10-9-21-19(23)15-11-14-12-16(20)7-8-18(14)24-13-15/h2-8,12,15H,9-11,13H2,1H3,(H,21,23). The molecule has 1 aliphatic heterocycles. The molecule has 5 heteroatoms. The minimum Gasteiger partial charge on any atom is -0.492 e. The van der Waals surface area contributed by atoms with Gasteiger partial charge in [0.1, 0.15) is 12.4 Å². The number of carbonyl (C=O) groups excluding carboxylic acids is 1. The summed E-state index contributed by atoms with van der Waals surface area (Å²) in [5.41, 5.74) is 2.13. The molecule has 0 aromatic heterocycles. The summed E-state index contributed by atoms with van der Waals surface area (Å²) in [5, 5.41) is 3.67. The minimum absolute atomic E-state index is 0.0297. The fraction of sp³-hybridized carbons (Fsp3) is 0.316. The van der Waals surface area contributed by atoms with Crippen molar-refractivity contribution in [3.8, 4) is 5.75 Å². The number of para-hydroxylation sites is 1. The molecule has 0 saturated heterocycles.